The molecule has 0 saturated carbocycles. The molecule has 0 saturated heterocycles. The minimum atomic E-state index is -1.02. The van der Waals surface area contributed by atoms with Crippen molar-refractivity contribution in [1.82, 2.24) is 15.0 Å². The quantitative estimate of drug-likeness (QED) is 0.217. The lowest BCUT2D eigenvalue weighted by molar-refractivity contribution is -0.385. The molecule has 0 bridgehead atoms. The molecule has 8 nitrogen and oxygen atoms in total. The first-order chi connectivity index (χ1) is 14.4. The number of rotatable bonds is 10. The van der Waals surface area contributed by atoms with Crippen molar-refractivity contribution in [3.63, 3.8) is 0 Å². The zero-order chi connectivity index (χ0) is 21.6. The second kappa shape index (κ2) is 9.84. The predicted molar refractivity (Wildman–Crippen MR) is 114 cm³/mol. The summed E-state index contributed by atoms with van der Waals surface area (Å²) in [4.78, 5) is 22.5. The van der Waals surface area contributed by atoms with Gasteiger partial charge in [-0.3, -0.25) is 15.1 Å². The van der Waals surface area contributed by atoms with E-state index in [-0.39, 0.29) is 24.8 Å². The summed E-state index contributed by atoms with van der Waals surface area (Å²) in [5, 5.41) is 20.7. The van der Waals surface area contributed by atoms with Crippen molar-refractivity contribution in [3.05, 3.63) is 82.2 Å². The molecule has 0 unspecified atom stereocenters. The van der Waals surface area contributed by atoms with Crippen LogP contribution in [0.15, 0.2) is 59.9 Å². The Morgan fingerprint density at radius 1 is 1.30 bits per heavy atom. The fourth-order valence-corrected chi connectivity index (χ4v) is 4.26. The number of hydrogen-bond acceptors (Lipinski definition) is 7. The van der Waals surface area contributed by atoms with Crippen molar-refractivity contribution < 1.29 is 14.8 Å². The van der Waals surface area contributed by atoms with Gasteiger partial charge in [0.15, 0.2) is 4.93 Å². The van der Waals surface area contributed by atoms with E-state index in [1.807, 2.05) is 12.1 Å². The van der Waals surface area contributed by atoms with Gasteiger partial charge in [0, 0.05) is 47.7 Å². The Labute approximate surface area is 178 Å². The summed E-state index contributed by atoms with van der Waals surface area (Å²) in [5.74, 6) is 0.832. The summed E-state index contributed by atoms with van der Waals surface area (Å²) >= 11 is 1.33. The third-order valence-electron chi connectivity index (χ3n) is 4.50. The van der Waals surface area contributed by atoms with E-state index in [0.717, 1.165) is 11.3 Å². The largest absolute Gasteiger partial charge is 0.394 e. The normalized spacial score (nSPS) is 13.3. The van der Waals surface area contributed by atoms with E-state index >= 15 is 0 Å². The van der Waals surface area contributed by atoms with Gasteiger partial charge in [-0.1, -0.05) is 31.7 Å². The first-order valence-corrected chi connectivity index (χ1v) is 10.4. The first-order valence-electron chi connectivity index (χ1n) is 9.56. The molecule has 2 heterocycles. The number of pyridine rings is 1. The van der Waals surface area contributed by atoms with Crippen LogP contribution in [-0.2, 0) is 16.1 Å². The number of H-pyrrole nitrogens is 1. The maximum absolute atomic E-state index is 11.2. The van der Waals surface area contributed by atoms with Crippen LogP contribution in [0, 0.1) is 10.1 Å². The van der Waals surface area contributed by atoms with Crippen molar-refractivity contribution in [2.24, 2.45) is 0 Å². The van der Waals surface area contributed by atoms with Gasteiger partial charge in [-0.25, -0.2) is 4.98 Å². The second-order valence-corrected chi connectivity index (χ2v) is 8.39. The smallest absolute Gasteiger partial charge is 0.270 e. The summed E-state index contributed by atoms with van der Waals surface area (Å²) < 4.78 is 6.20. The molecule has 158 valence electrons. The maximum Gasteiger partial charge on any atom is 0.270 e. The summed E-state index contributed by atoms with van der Waals surface area (Å²) in [6, 6.07) is 10.2. The Hall–Kier alpha value is -2.75. The van der Waals surface area contributed by atoms with Crippen LogP contribution in [0.2, 0.25) is 0 Å². The van der Waals surface area contributed by atoms with Crippen molar-refractivity contribution in [3.8, 4) is 0 Å². The van der Waals surface area contributed by atoms with E-state index in [1.54, 1.807) is 30.7 Å². The third kappa shape index (κ3) is 5.24. The Kier molecular flexibility index (Phi) is 7.20. The molecule has 0 fully saturated rings. The molecule has 3 aromatic rings. The molecule has 1 aromatic carbocycles. The number of aliphatic hydroxyl groups is 1. The highest BCUT2D eigenvalue weighted by Gasteiger charge is 2.38. The Balaban J connectivity index is 2.08. The standard InChI is InChI=1S/C21H24N4O4S/c1-15(2)19-14-23-20(24-19)21(29-11-10-26,13-16-6-8-22-9-7-16)30-18-5-3-4-17(12-18)25(27)28/h3-9,12,14-15,26H,10-11,13H2,1-2H3,(H,23,24)/t21-/m0/s1. The molecule has 3 rings (SSSR count). The zero-order valence-electron chi connectivity index (χ0n) is 16.8. The Morgan fingerprint density at radius 3 is 2.70 bits per heavy atom. The van der Waals surface area contributed by atoms with E-state index in [4.69, 9.17) is 4.74 Å². The molecule has 30 heavy (non-hydrogen) atoms. The molecule has 2 N–H and O–H groups in total. The number of aromatic nitrogens is 3. The molecular formula is C21H24N4O4S. The van der Waals surface area contributed by atoms with Gasteiger partial charge >= 0.3 is 0 Å². The molecule has 0 radical (unpaired) electrons. The van der Waals surface area contributed by atoms with E-state index in [1.165, 1.54) is 23.9 Å². The minimum absolute atomic E-state index is 0.00211. The Bertz CT molecular complexity index is 980. The SMILES string of the molecule is CC(C)c1cnc([C@@](Cc2ccncc2)(OCCO)Sc2cccc([N+](=O)[O-])c2)[nH]1. The lowest BCUT2D eigenvalue weighted by atomic mass is 10.1. The molecule has 2 aromatic heterocycles. The molecule has 0 aliphatic carbocycles. The van der Waals surface area contributed by atoms with Crippen LogP contribution in [-0.4, -0.2) is 38.2 Å². The number of thioether (sulfide) groups is 1. The van der Waals surface area contributed by atoms with E-state index in [9.17, 15) is 15.2 Å². The van der Waals surface area contributed by atoms with Crippen LogP contribution in [0.1, 0.15) is 36.8 Å². The number of aromatic amines is 1. The number of hydrogen-bond donors (Lipinski definition) is 2. The van der Waals surface area contributed by atoms with Crippen LogP contribution in [0.25, 0.3) is 0 Å². The van der Waals surface area contributed by atoms with Crippen LogP contribution in [0.3, 0.4) is 0 Å². The molecule has 0 aliphatic rings. The van der Waals surface area contributed by atoms with Crippen molar-refractivity contribution in [2.45, 2.75) is 36.0 Å². The number of benzene rings is 1. The number of nitro groups is 1. The number of imidazole rings is 1. The van der Waals surface area contributed by atoms with Gasteiger partial charge in [-0.2, -0.15) is 0 Å². The van der Waals surface area contributed by atoms with Crippen molar-refractivity contribution >= 4 is 17.4 Å². The van der Waals surface area contributed by atoms with Gasteiger partial charge in [-0.15, -0.1) is 0 Å². The van der Waals surface area contributed by atoms with Gasteiger partial charge < -0.3 is 14.8 Å². The molecule has 0 aliphatic heterocycles. The zero-order valence-corrected chi connectivity index (χ0v) is 17.6. The van der Waals surface area contributed by atoms with E-state index < -0.39 is 9.86 Å². The monoisotopic (exact) mass is 428 g/mol. The first kappa shape index (κ1) is 21.9. The van der Waals surface area contributed by atoms with Crippen LogP contribution < -0.4 is 0 Å². The predicted octanol–water partition coefficient (Wildman–Crippen LogP) is 4.03. The van der Waals surface area contributed by atoms with Gasteiger partial charge in [0.1, 0.15) is 5.82 Å². The number of nitrogens with one attached hydrogen (secondary N) is 1. The van der Waals surface area contributed by atoms with Crippen LogP contribution in [0.4, 0.5) is 5.69 Å². The van der Waals surface area contributed by atoms with E-state index in [2.05, 4.69) is 28.8 Å². The highest BCUT2D eigenvalue weighted by Crippen LogP contribution is 2.45. The topological polar surface area (TPSA) is 114 Å². The molecule has 0 spiro atoms. The summed E-state index contributed by atoms with van der Waals surface area (Å²) in [7, 11) is 0. The molecule has 1 atom stereocenters. The molecular weight excluding hydrogens is 404 g/mol. The van der Waals surface area contributed by atoms with Gasteiger partial charge in [-0.05, 0) is 29.7 Å². The summed E-state index contributed by atoms with van der Waals surface area (Å²) in [6.07, 6.45) is 5.60. The molecule has 9 heteroatoms. The number of nitrogens with zero attached hydrogens (tertiary/aromatic N) is 3. The van der Waals surface area contributed by atoms with Crippen LogP contribution >= 0.6 is 11.8 Å². The fourth-order valence-electron chi connectivity index (χ4n) is 2.97. The fraction of sp³-hybridized carbons (Fsp3) is 0.333. The number of aliphatic hydroxyl groups excluding tert-OH is 1. The van der Waals surface area contributed by atoms with Crippen molar-refractivity contribution in [2.75, 3.05) is 13.2 Å². The number of ether oxygens (including phenoxy) is 1. The highest BCUT2D eigenvalue weighted by molar-refractivity contribution is 8.00. The number of non-ortho nitro benzene ring substituents is 1. The number of nitro benzene ring substituents is 1. The Morgan fingerprint density at radius 2 is 2.07 bits per heavy atom. The van der Waals surface area contributed by atoms with Gasteiger partial charge in [0.25, 0.3) is 5.69 Å². The summed E-state index contributed by atoms with van der Waals surface area (Å²) in [6.45, 7) is 4.05. The average molecular weight is 429 g/mol. The lowest BCUT2D eigenvalue weighted by Gasteiger charge is -2.31. The average Bonchev–Trinajstić information content (AvgIpc) is 3.24. The summed E-state index contributed by atoms with van der Waals surface area (Å²) in [5.41, 5.74) is 1.92. The van der Waals surface area contributed by atoms with Gasteiger partial charge in [0.05, 0.1) is 18.1 Å². The highest BCUT2D eigenvalue weighted by atomic mass is 32.2. The lowest BCUT2D eigenvalue weighted by Crippen LogP contribution is -2.31. The van der Waals surface area contributed by atoms with E-state index in [0.29, 0.717) is 17.1 Å². The maximum atomic E-state index is 11.2. The van der Waals surface area contributed by atoms with Crippen LogP contribution in [0.5, 0.6) is 0 Å². The van der Waals surface area contributed by atoms with Crippen molar-refractivity contribution in [1.29, 1.82) is 0 Å². The molecule has 0 amide bonds. The minimum Gasteiger partial charge on any atom is -0.394 e. The third-order valence-corrected chi connectivity index (χ3v) is 5.78. The van der Waals surface area contributed by atoms with Gasteiger partial charge in [0.2, 0.25) is 0 Å². The second-order valence-electron chi connectivity index (χ2n) is 7.06.